The highest BCUT2D eigenvalue weighted by atomic mass is 16.5. The van der Waals surface area contributed by atoms with Crippen LogP contribution in [-0.2, 0) is 9.53 Å². The first-order valence-corrected chi connectivity index (χ1v) is 1.21. The van der Waals surface area contributed by atoms with Gasteiger partial charge in [-0.05, 0) is 0 Å². The highest BCUT2D eigenvalue weighted by Gasteiger charge is 1.44. The molecule has 0 saturated heterocycles. The van der Waals surface area contributed by atoms with Crippen molar-refractivity contribution in [1.82, 2.24) is 0 Å². The van der Waals surface area contributed by atoms with Gasteiger partial charge in [-0.25, -0.2) is 0 Å². The van der Waals surface area contributed by atoms with Gasteiger partial charge in [-0.3, -0.25) is 16.5 Å². The van der Waals surface area contributed by atoms with Crippen molar-refractivity contribution < 1.29 is 9.53 Å². The van der Waals surface area contributed by atoms with Gasteiger partial charge in [-0.2, -0.15) is 0 Å². The lowest BCUT2D eigenvalue weighted by atomic mass is 11.5. The van der Waals surface area contributed by atoms with Gasteiger partial charge in [0.15, 0.2) is 0 Å². The lowest BCUT2D eigenvalue weighted by Gasteiger charge is -1.67. The molecule has 0 spiro atoms. The smallest absolute Gasteiger partial charge is 0.292 e. The molecule has 0 aliphatic carbocycles. The van der Waals surface area contributed by atoms with E-state index in [1.807, 2.05) is 0 Å². The molecular weight excluding hydrogens is 84.0 g/mol. The molecule has 0 saturated carbocycles. The van der Waals surface area contributed by atoms with E-state index in [9.17, 15) is 0 Å². The van der Waals surface area contributed by atoms with Crippen LogP contribution in [0.15, 0.2) is 0 Å². The van der Waals surface area contributed by atoms with Crippen molar-refractivity contribution in [2.45, 2.75) is 0 Å². The number of nitrogens with two attached hydrogens (primary N) is 2. The monoisotopic (exact) mass is 92.1 g/mol. The molecule has 0 aromatic heterocycles. The van der Waals surface area contributed by atoms with Crippen LogP contribution in [0.4, 0.5) is 0 Å². The van der Waals surface area contributed by atoms with Gasteiger partial charge < -0.3 is 4.74 Å². The van der Waals surface area contributed by atoms with E-state index in [0.717, 1.165) is 0 Å². The molecule has 0 rings (SSSR count). The molecule has 0 aromatic rings. The van der Waals surface area contributed by atoms with Crippen molar-refractivity contribution in [1.29, 1.82) is 0 Å². The Morgan fingerprint density at radius 3 is 1.83 bits per heavy atom. The summed E-state index contributed by atoms with van der Waals surface area (Å²) in [4.78, 5) is 8.95. The summed E-state index contributed by atoms with van der Waals surface area (Å²) >= 11 is 0. The number of hydrogen-bond acceptors (Lipinski definition) is 4. The Hall–Kier alpha value is -0.610. The summed E-state index contributed by atoms with van der Waals surface area (Å²) in [6.07, 6.45) is 0. The second kappa shape index (κ2) is 26.1. The second-order valence-corrected chi connectivity index (χ2v) is 0.332. The van der Waals surface area contributed by atoms with E-state index in [2.05, 4.69) is 16.4 Å². The summed E-state index contributed by atoms with van der Waals surface area (Å²) in [5.74, 6) is 8.00. The van der Waals surface area contributed by atoms with Gasteiger partial charge in [0.05, 0.1) is 7.11 Å². The number of carbonyl (C=O) groups excluding carboxylic acids is 1. The maximum atomic E-state index is 8.95. The first-order valence-electron chi connectivity index (χ1n) is 1.21. The van der Waals surface area contributed by atoms with Crippen molar-refractivity contribution in [3.63, 3.8) is 0 Å². The van der Waals surface area contributed by atoms with E-state index in [0.29, 0.717) is 6.47 Å². The highest BCUT2D eigenvalue weighted by molar-refractivity contribution is 5.36. The quantitative estimate of drug-likeness (QED) is 0.237. The Balaban J connectivity index is 0. The van der Waals surface area contributed by atoms with Gasteiger partial charge >= 0.3 is 0 Å². The topological polar surface area (TPSA) is 78.3 Å². The van der Waals surface area contributed by atoms with E-state index in [4.69, 9.17) is 4.79 Å². The lowest BCUT2D eigenvalue weighted by molar-refractivity contribution is -0.126. The largest absolute Gasteiger partial charge is 0.471 e. The number of methoxy groups -OCH3 is 1. The van der Waals surface area contributed by atoms with E-state index in [1.165, 1.54) is 7.11 Å². The van der Waals surface area contributed by atoms with Crippen molar-refractivity contribution >= 4 is 6.47 Å². The average molecular weight is 92.1 g/mol. The van der Waals surface area contributed by atoms with E-state index < -0.39 is 0 Å². The minimum absolute atomic E-state index is 0.375. The van der Waals surface area contributed by atoms with E-state index in [-0.39, 0.29) is 0 Å². The normalized spacial score (nSPS) is 4.50. The van der Waals surface area contributed by atoms with Gasteiger partial charge in [-0.15, -0.1) is 0 Å². The number of ether oxygens (including phenoxy) is 1. The van der Waals surface area contributed by atoms with Gasteiger partial charge in [0, 0.05) is 0 Å². The lowest BCUT2D eigenvalue weighted by Crippen LogP contribution is -2.02. The molecule has 0 aliphatic rings. The standard InChI is InChI=1S/C2H4O2.H4N2/c1-4-2-3;1-2/h2H,1H3;1-2H2. The fraction of sp³-hybridized carbons (Fsp3) is 0.500. The molecule has 4 nitrogen and oxygen atoms in total. The van der Waals surface area contributed by atoms with Crippen LogP contribution in [0.2, 0.25) is 0 Å². The Morgan fingerprint density at radius 2 is 1.83 bits per heavy atom. The van der Waals surface area contributed by atoms with Gasteiger partial charge in [-0.1, -0.05) is 0 Å². The molecule has 0 heterocycles. The average Bonchev–Trinajstić information content (AvgIpc) is 1.72. The van der Waals surface area contributed by atoms with Gasteiger partial charge in [0.2, 0.25) is 0 Å². The molecule has 0 unspecified atom stereocenters. The zero-order chi connectivity index (χ0) is 5.41. The molecule has 4 heteroatoms. The molecular formula is C2H8N2O2. The van der Waals surface area contributed by atoms with Crippen LogP contribution in [0, 0.1) is 0 Å². The van der Waals surface area contributed by atoms with Crippen LogP contribution < -0.4 is 11.7 Å². The number of hydrogen-bond donors (Lipinski definition) is 2. The maximum absolute atomic E-state index is 8.95. The van der Waals surface area contributed by atoms with Crippen LogP contribution in [0.25, 0.3) is 0 Å². The van der Waals surface area contributed by atoms with Gasteiger partial charge in [0.25, 0.3) is 6.47 Å². The van der Waals surface area contributed by atoms with Crippen LogP contribution in [0.5, 0.6) is 0 Å². The molecule has 6 heavy (non-hydrogen) atoms. The van der Waals surface area contributed by atoms with Crippen molar-refractivity contribution in [2.75, 3.05) is 7.11 Å². The SMILES string of the molecule is COC=O.NN. The minimum Gasteiger partial charge on any atom is -0.471 e. The Kier molecular flexibility index (Phi) is 39.3. The number of rotatable bonds is 1. The Bertz CT molecular complexity index is 23.5. The summed E-state index contributed by atoms with van der Waals surface area (Å²) in [5, 5.41) is 0. The van der Waals surface area contributed by atoms with E-state index >= 15 is 0 Å². The highest BCUT2D eigenvalue weighted by Crippen LogP contribution is 1.35. The summed E-state index contributed by atoms with van der Waals surface area (Å²) in [6.45, 7) is 0.375. The Morgan fingerprint density at radius 1 is 1.67 bits per heavy atom. The van der Waals surface area contributed by atoms with Gasteiger partial charge in [0.1, 0.15) is 0 Å². The molecule has 0 bridgehead atoms. The minimum atomic E-state index is 0.375. The Labute approximate surface area is 36.0 Å². The number of hydrazine groups is 1. The zero-order valence-corrected chi connectivity index (χ0v) is 3.55. The third kappa shape index (κ3) is 127. The van der Waals surface area contributed by atoms with Crippen molar-refractivity contribution in [2.24, 2.45) is 11.7 Å². The zero-order valence-electron chi connectivity index (χ0n) is 3.55. The molecule has 0 amide bonds. The fourth-order valence-electron chi connectivity index (χ4n) is 0. The fourth-order valence-corrected chi connectivity index (χ4v) is 0. The molecule has 0 aromatic carbocycles. The molecule has 0 atom stereocenters. The third-order valence-corrected chi connectivity index (χ3v) is 0.0962. The summed E-state index contributed by atoms with van der Waals surface area (Å²) in [5.41, 5.74) is 0. The molecule has 38 valence electrons. The first-order chi connectivity index (χ1) is 2.91. The summed E-state index contributed by atoms with van der Waals surface area (Å²) in [7, 11) is 1.31. The third-order valence-electron chi connectivity index (χ3n) is 0.0962. The first kappa shape index (κ1) is 9.04. The predicted molar refractivity (Wildman–Crippen MR) is 21.4 cm³/mol. The molecule has 0 aliphatic heterocycles. The summed E-state index contributed by atoms with van der Waals surface area (Å²) in [6, 6.07) is 0. The molecule has 0 fully saturated rings. The maximum Gasteiger partial charge on any atom is 0.292 e. The van der Waals surface area contributed by atoms with Crippen LogP contribution >= 0.6 is 0 Å². The van der Waals surface area contributed by atoms with Crippen LogP contribution in [-0.4, -0.2) is 13.6 Å². The van der Waals surface area contributed by atoms with Crippen LogP contribution in [0.3, 0.4) is 0 Å². The predicted octanol–water partition coefficient (Wildman–Crippen LogP) is -1.39. The number of carbonyl (C=O) groups is 1. The van der Waals surface area contributed by atoms with Crippen molar-refractivity contribution in [3.8, 4) is 0 Å². The van der Waals surface area contributed by atoms with E-state index in [1.54, 1.807) is 0 Å². The molecule has 0 radical (unpaired) electrons. The summed E-state index contributed by atoms with van der Waals surface area (Å²) < 4.78 is 3.86. The molecule has 4 N–H and O–H groups in total. The van der Waals surface area contributed by atoms with Crippen LogP contribution in [0.1, 0.15) is 0 Å². The van der Waals surface area contributed by atoms with Crippen molar-refractivity contribution in [3.05, 3.63) is 0 Å². The second-order valence-electron chi connectivity index (χ2n) is 0.332.